The average molecular weight is 739 g/mol. The molecule has 278 valence electrons. The Hall–Kier alpha value is -4.52. The molecule has 13 heteroatoms. The van der Waals surface area contributed by atoms with Crippen LogP contribution in [0.4, 0.5) is 11.4 Å². The van der Waals surface area contributed by atoms with Crippen LogP contribution in [-0.2, 0) is 44.8 Å². The zero-order valence-electron chi connectivity index (χ0n) is 30.9. The lowest BCUT2D eigenvalue weighted by Crippen LogP contribution is -2.34. The number of carbonyl (C=O) groups excluding carboxylic acids is 2. The Morgan fingerprint density at radius 1 is 0.811 bits per heavy atom. The Morgan fingerprint density at radius 2 is 1.40 bits per heavy atom. The molecule has 2 saturated carbocycles. The molecule has 0 unspecified atom stereocenters. The van der Waals surface area contributed by atoms with Crippen LogP contribution >= 0.6 is 11.6 Å². The standard InChI is InChI=1S/C40H47ClN8O4/c1-24-25(26-8-6-10-28(33(26)41)45-37(51)35-42-29-21-46(2)18-11-31(29)47(35)3)7-5-9-27(24)44-36(50)34-43-30-22-49(19-12-32(30)48(34)4)20-17-39-13-15-40(23-39,16-14-39)38(52)53/h5-10H,11-23H2,1-4H3,(H,44,50)(H,45,51)(H,52,53). The number of rotatable bonds is 9. The number of aromatic nitrogens is 4. The van der Waals surface area contributed by atoms with Crippen molar-refractivity contribution in [2.75, 3.05) is 37.3 Å². The van der Waals surface area contributed by atoms with Crippen LogP contribution in [0.25, 0.3) is 11.1 Å². The maximum Gasteiger partial charge on any atom is 0.309 e. The van der Waals surface area contributed by atoms with Crippen molar-refractivity contribution in [3.63, 3.8) is 0 Å². The second-order valence-corrected chi connectivity index (χ2v) is 16.2. The van der Waals surface area contributed by atoms with Gasteiger partial charge in [-0.3, -0.25) is 19.3 Å². The number of carboxylic acid groups (broad SMARTS) is 1. The smallest absolute Gasteiger partial charge is 0.309 e. The van der Waals surface area contributed by atoms with Crippen LogP contribution in [0.5, 0.6) is 0 Å². The molecule has 2 fully saturated rings. The third-order valence-corrected chi connectivity index (χ3v) is 13.1. The first-order valence-corrected chi connectivity index (χ1v) is 19.0. The van der Waals surface area contributed by atoms with Crippen molar-refractivity contribution in [1.29, 1.82) is 0 Å². The van der Waals surface area contributed by atoms with Crippen LogP contribution in [0.2, 0.25) is 5.02 Å². The molecule has 2 bridgehead atoms. The maximum atomic E-state index is 13.8. The minimum absolute atomic E-state index is 0.149. The molecule has 0 spiro atoms. The van der Waals surface area contributed by atoms with Crippen molar-refractivity contribution in [2.24, 2.45) is 24.9 Å². The van der Waals surface area contributed by atoms with Crippen LogP contribution in [0.3, 0.4) is 0 Å². The number of imidazole rings is 2. The van der Waals surface area contributed by atoms with E-state index in [2.05, 4.69) is 25.4 Å². The molecule has 4 aromatic rings. The number of nitrogens with one attached hydrogen (secondary N) is 2. The lowest BCUT2D eigenvalue weighted by Gasteiger charge is -2.32. The minimum atomic E-state index is -0.618. The van der Waals surface area contributed by atoms with E-state index in [4.69, 9.17) is 16.6 Å². The molecule has 53 heavy (non-hydrogen) atoms. The maximum absolute atomic E-state index is 13.8. The van der Waals surface area contributed by atoms with Gasteiger partial charge in [-0.15, -0.1) is 0 Å². The number of anilines is 2. The van der Waals surface area contributed by atoms with Gasteiger partial charge in [-0.1, -0.05) is 35.9 Å². The third-order valence-electron chi connectivity index (χ3n) is 12.7. The molecular formula is C40H47ClN8O4. The van der Waals surface area contributed by atoms with Gasteiger partial charge in [0.05, 0.1) is 27.5 Å². The third kappa shape index (κ3) is 6.24. The number of likely N-dealkylation sites (N-methyl/N-ethyl adjacent to an activating group) is 1. The zero-order valence-corrected chi connectivity index (χ0v) is 31.6. The van der Waals surface area contributed by atoms with Gasteiger partial charge in [-0.2, -0.15) is 0 Å². The number of hydrogen-bond acceptors (Lipinski definition) is 7. The molecule has 12 nitrogen and oxygen atoms in total. The normalized spacial score (nSPS) is 22.4. The Morgan fingerprint density at radius 3 is 2.04 bits per heavy atom. The van der Waals surface area contributed by atoms with Crippen molar-refractivity contribution >= 4 is 40.8 Å². The quantitative estimate of drug-likeness (QED) is 0.189. The van der Waals surface area contributed by atoms with E-state index in [1.165, 1.54) is 0 Å². The molecule has 2 aromatic carbocycles. The van der Waals surface area contributed by atoms with E-state index in [1.54, 1.807) is 6.07 Å². The Balaban J connectivity index is 0.950. The molecule has 8 rings (SSSR count). The largest absolute Gasteiger partial charge is 0.481 e. The molecule has 2 aromatic heterocycles. The highest BCUT2D eigenvalue weighted by molar-refractivity contribution is 6.36. The van der Waals surface area contributed by atoms with Crippen LogP contribution < -0.4 is 10.6 Å². The lowest BCUT2D eigenvalue weighted by molar-refractivity contribution is -0.148. The number of fused-ring (bicyclic) bond motifs is 4. The number of carbonyl (C=O) groups is 3. The summed E-state index contributed by atoms with van der Waals surface area (Å²) in [6, 6.07) is 11.2. The first-order chi connectivity index (χ1) is 25.4. The summed E-state index contributed by atoms with van der Waals surface area (Å²) in [5, 5.41) is 16.3. The lowest BCUT2D eigenvalue weighted by atomic mass is 9.80. The summed E-state index contributed by atoms with van der Waals surface area (Å²) in [4.78, 5) is 53.2. The van der Waals surface area contributed by atoms with Crippen LogP contribution in [0.15, 0.2) is 36.4 Å². The SMILES string of the molecule is Cc1c(NC(=O)c2nc3c(n2C)CCN(CCC24CCC(C(=O)O)(CC2)C4)C3)cccc1-c1cccc(NC(=O)c2nc3c(n2C)CCN(C)C3)c1Cl. The monoisotopic (exact) mass is 738 g/mol. The Labute approximate surface area is 314 Å². The fraction of sp³-hybridized carbons (Fsp3) is 0.475. The molecule has 3 N–H and O–H groups in total. The summed E-state index contributed by atoms with van der Waals surface area (Å²) in [6.07, 6.45) is 7.08. The summed E-state index contributed by atoms with van der Waals surface area (Å²) >= 11 is 6.97. The van der Waals surface area contributed by atoms with Crippen molar-refractivity contribution in [3.8, 4) is 11.1 Å². The van der Waals surface area contributed by atoms with Gasteiger partial charge in [0.15, 0.2) is 11.6 Å². The van der Waals surface area contributed by atoms with Crippen LogP contribution in [-0.4, -0.2) is 78.5 Å². The summed E-state index contributed by atoms with van der Waals surface area (Å²) in [6.45, 7) is 6.05. The average Bonchev–Trinajstić information content (AvgIpc) is 3.89. The Kier molecular flexibility index (Phi) is 8.98. The van der Waals surface area contributed by atoms with Gasteiger partial charge in [-0.25, -0.2) is 9.97 Å². The number of hydrogen-bond donors (Lipinski definition) is 3. The molecule has 0 atom stereocenters. The van der Waals surface area contributed by atoms with E-state index in [-0.39, 0.29) is 17.2 Å². The van der Waals surface area contributed by atoms with E-state index in [9.17, 15) is 19.5 Å². The van der Waals surface area contributed by atoms with Crippen molar-refractivity contribution < 1.29 is 19.5 Å². The second kappa shape index (κ2) is 13.4. The number of benzene rings is 2. The molecule has 4 heterocycles. The second-order valence-electron chi connectivity index (χ2n) is 15.9. The van der Waals surface area contributed by atoms with E-state index in [0.29, 0.717) is 41.1 Å². The first-order valence-electron chi connectivity index (χ1n) is 18.6. The van der Waals surface area contributed by atoms with E-state index in [0.717, 1.165) is 110 Å². The highest BCUT2D eigenvalue weighted by Crippen LogP contribution is 2.63. The topological polar surface area (TPSA) is 138 Å². The predicted octanol–water partition coefficient (Wildman–Crippen LogP) is 6.06. The minimum Gasteiger partial charge on any atom is -0.481 e. The van der Waals surface area contributed by atoms with Crippen molar-refractivity contribution in [3.05, 3.63) is 81.4 Å². The van der Waals surface area contributed by atoms with Gasteiger partial charge in [-0.05, 0) is 87.7 Å². The molecule has 2 aliphatic carbocycles. The van der Waals surface area contributed by atoms with Gasteiger partial charge in [0.2, 0.25) is 0 Å². The summed E-state index contributed by atoms with van der Waals surface area (Å²) in [5.74, 6) is -0.514. The first kappa shape index (κ1) is 35.5. The van der Waals surface area contributed by atoms with Gasteiger partial charge < -0.3 is 29.8 Å². The number of nitrogens with zero attached hydrogens (tertiary/aromatic N) is 6. The number of amides is 2. The summed E-state index contributed by atoms with van der Waals surface area (Å²) < 4.78 is 3.78. The highest BCUT2D eigenvalue weighted by atomic mass is 35.5. The molecule has 0 radical (unpaired) electrons. The Bertz CT molecular complexity index is 2150. The van der Waals surface area contributed by atoms with E-state index >= 15 is 0 Å². The summed E-state index contributed by atoms with van der Waals surface area (Å²) in [7, 11) is 5.83. The predicted molar refractivity (Wildman–Crippen MR) is 203 cm³/mol. The van der Waals surface area contributed by atoms with Gasteiger partial charge in [0, 0.05) is 75.8 Å². The number of halogens is 1. The fourth-order valence-corrected chi connectivity index (χ4v) is 9.72. The fourth-order valence-electron chi connectivity index (χ4n) is 9.45. The highest BCUT2D eigenvalue weighted by Gasteiger charge is 2.57. The molecular weight excluding hydrogens is 692 g/mol. The van der Waals surface area contributed by atoms with Gasteiger partial charge >= 0.3 is 5.97 Å². The van der Waals surface area contributed by atoms with Crippen LogP contribution in [0.1, 0.15) is 88.1 Å². The molecule has 2 aliphatic heterocycles. The molecule has 2 amide bonds. The van der Waals surface area contributed by atoms with Crippen LogP contribution in [0, 0.1) is 17.8 Å². The number of aliphatic carboxylic acids is 1. The van der Waals surface area contributed by atoms with Gasteiger partial charge in [0.1, 0.15) is 0 Å². The number of carboxylic acids is 1. The zero-order chi connectivity index (χ0) is 37.2. The van der Waals surface area contributed by atoms with E-state index < -0.39 is 11.4 Å². The molecule has 0 saturated heterocycles. The summed E-state index contributed by atoms with van der Waals surface area (Å²) in [5.41, 5.74) is 7.18. The van der Waals surface area contributed by atoms with Crippen molar-refractivity contribution in [2.45, 2.75) is 71.4 Å². The van der Waals surface area contributed by atoms with Crippen molar-refractivity contribution in [1.82, 2.24) is 28.9 Å². The molecule has 4 aliphatic rings. The van der Waals surface area contributed by atoms with E-state index in [1.807, 2.05) is 67.5 Å². The van der Waals surface area contributed by atoms with Gasteiger partial charge in [0.25, 0.3) is 11.8 Å².